The lowest BCUT2D eigenvalue weighted by atomic mass is 10.2. The van der Waals surface area contributed by atoms with Crippen molar-refractivity contribution >= 4 is 5.91 Å². The van der Waals surface area contributed by atoms with Gasteiger partial charge in [0.1, 0.15) is 12.3 Å². The molecule has 0 aliphatic heterocycles. The monoisotopic (exact) mass is 357 g/mol. The highest BCUT2D eigenvalue weighted by molar-refractivity contribution is 5.76. The first-order chi connectivity index (χ1) is 12.6. The first-order valence-electron chi connectivity index (χ1n) is 8.94. The predicted octanol–water partition coefficient (Wildman–Crippen LogP) is 1.46. The molecule has 1 amide bonds. The summed E-state index contributed by atoms with van der Waals surface area (Å²) in [6.45, 7) is 2.14. The first-order valence-corrected chi connectivity index (χ1v) is 8.94. The molecule has 1 saturated carbocycles. The number of para-hydroxylation sites is 2. The molecule has 0 spiro atoms. The van der Waals surface area contributed by atoms with E-state index in [-0.39, 0.29) is 18.5 Å². The summed E-state index contributed by atoms with van der Waals surface area (Å²) < 4.78 is 7.92. The number of nitrogens with one attached hydrogen (secondary N) is 1. The lowest BCUT2D eigenvalue weighted by molar-refractivity contribution is -0.122. The van der Waals surface area contributed by atoms with Gasteiger partial charge in [-0.2, -0.15) is 0 Å². The fourth-order valence-electron chi connectivity index (χ4n) is 3.25. The summed E-state index contributed by atoms with van der Waals surface area (Å²) in [5, 5.41) is 2.92. The van der Waals surface area contributed by atoms with Crippen molar-refractivity contribution in [3.8, 4) is 11.4 Å². The summed E-state index contributed by atoms with van der Waals surface area (Å²) in [6.07, 6.45) is 7.11. The second kappa shape index (κ2) is 8.03. The number of hydrogen-bond acceptors (Lipinski definition) is 4. The molecule has 1 aromatic heterocycles. The maximum absolute atomic E-state index is 12.5. The predicted molar refractivity (Wildman–Crippen MR) is 97.9 cm³/mol. The number of ether oxygens (including phenoxy) is 1. The van der Waals surface area contributed by atoms with Crippen LogP contribution in [0.2, 0.25) is 0 Å². The van der Waals surface area contributed by atoms with E-state index in [9.17, 15) is 14.4 Å². The summed E-state index contributed by atoms with van der Waals surface area (Å²) in [5.74, 6) is 0.277. The van der Waals surface area contributed by atoms with Gasteiger partial charge in [0.25, 0.3) is 0 Å². The number of hydrogen-bond donors (Lipinski definition) is 1. The standard InChI is InChI=1S/C19H23N3O4/c1-2-26-16-10-6-5-9-15(16)22-12-11-21(18(24)19(22)25)13-17(23)20-14-7-3-4-8-14/h5-6,9-12,14H,2-4,7-8,13H2,1H3,(H,20,23). The number of rotatable bonds is 6. The van der Waals surface area contributed by atoms with Crippen LogP contribution in [0.3, 0.4) is 0 Å². The zero-order chi connectivity index (χ0) is 18.5. The quantitative estimate of drug-likeness (QED) is 0.794. The molecule has 1 aromatic carbocycles. The van der Waals surface area contributed by atoms with E-state index in [1.807, 2.05) is 6.92 Å². The van der Waals surface area contributed by atoms with E-state index in [2.05, 4.69) is 5.32 Å². The molecular weight excluding hydrogens is 334 g/mol. The smallest absolute Gasteiger partial charge is 0.321 e. The Kier molecular flexibility index (Phi) is 5.55. The van der Waals surface area contributed by atoms with Gasteiger partial charge in [0, 0.05) is 18.4 Å². The molecule has 7 heteroatoms. The Morgan fingerprint density at radius 1 is 1.15 bits per heavy atom. The Hall–Kier alpha value is -2.83. The van der Waals surface area contributed by atoms with Gasteiger partial charge in [-0.3, -0.25) is 23.5 Å². The SMILES string of the molecule is CCOc1ccccc1-n1ccn(CC(=O)NC2CCCC2)c(=O)c1=O. The van der Waals surface area contributed by atoms with E-state index in [0.717, 1.165) is 30.3 Å². The van der Waals surface area contributed by atoms with E-state index in [1.54, 1.807) is 24.3 Å². The second-order valence-electron chi connectivity index (χ2n) is 6.36. The summed E-state index contributed by atoms with van der Waals surface area (Å²) in [4.78, 5) is 37.1. The third-order valence-corrected chi connectivity index (χ3v) is 4.52. The van der Waals surface area contributed by atoms with Crippen LogP contribution in [-0.4, -0.2) is 27.7 Å². The molecule has 26 heavy (non-hydrogen) atoms. The maximum Gasteiger partial charge on any atom is 0.321 e. The van der Waals surface area contributed by atoms with Gasteiger partial charge in [-0.25, -0.2) is 0 Å². The third kappa shape index (κ3) is 3.87. The van der Waals surface area contributed by atoms with Crippen molar-refractivity contribution in [2.75, 3.05) is 6.61 Å². The Balaban J connectivity index is 1.84. The lowest BCUT2D eigenvalue weighted by Crippen LogP contribution is -2.43. The molecule has 1 heterocycles. The number of aromatic nitrogens is 2. The van der Waals surface area contributed by atoms with Gasteiger partial charge < -0.3 is 10.1 Å². The highest BCUT2D eigenvalue weighted by Gasteiger charge is 2.18. The van der Waals surface area contributed by atoms with Crippen LogP contribution in [-0.2, 0) is 11.3 Å². The summed E-state index contributed by atoms with van der Waals surface area (Å²) >= 11 is 0. The lowest BCUT2D eigenvalue weighted by Gasteiger charge is -2.14. The average molecular weight is 357 g/mol. The van der Waals surface area contributed by atoms with Crippen LogP contribution in [0.25, 0.3) is 5.69 Å². The molecular formula is C19H23N3O4. The van der Waals surface area contributed by atoms with Crippen molar-refractivity contribution in [3.05, 3.63) is 57.4 Å². The zero-order valence-corrected chi connectivity index (χ0v) is 14.8. The Labute approximate surface area is 151 Å². The largest absolute Gasteiger partial charge is 0.492 e. The minimum absolute atomic E-state index is 0.154. The van der Waals surface area contributed by atoms with Gasteiger partial charge in [0.05, 0.1) is 12.3 Å². The average Bonchev–Trinajstić information content (AvgIpc) is 3.13. The molecule has 1 fully saturated rings. The van der Waals surface area contributed by atoms with Crippen molar-refractivity contribution in [3.63, 3.8) is 0 Å². The van der Waals surface area contributed by atoms with Crippen LogP contribution in [0.5, 0.6) is 5.75 Å². The number of benzene rings is 1. The van der Waals surface area contributed by atoms with Gasteiger partial charge in [-0.15, -0.1) is 0 Å². The van der Waals surface area contributed by atoms with E-state index in [0.29, 0.717) is 18.0 Å². The highest BCUT2D eigenvalue weighted by Crippen LogP contribution is 2.20. The van der Waals surface area contributed by atoms with Crippen LogP contribution < -0.4 is 21.2 Å². The maximum atomic E-state index is 12.5. The normalized spacial score (nSPS) is 14.3. The molecule has 2 aromatic rings. The summed E-state index contributed by atoms with van der Waals surface area (Å²) in [6, 6.07) is 7.20. The van der Waals surface area contributed by atoms with Gasteiger partial charge in [-0.1, -0.05) is 25.0 Å². The number of carbonyl (C=O) groups excluding carboxylic acids is 1. The molecule has 0 unspecified atom stereocenters. The van der Waals surface area contributed by atoms with Gasteiger partial charge >= 0.3 is 11.1 Å². The van der Waals surface area contributed by atoms with E-state index < -0.39 is 11.1 Å². The molecule has 0 bridgehead atoms. The van der Waals surface area contributed by atoms with Crippen LogP contribution in [0.1, 0.15) is 32.6 Å². The molecule has 0 saturated heterocycles. The fourth-order valence-corrected chi connectivity index (χ4v) is 3.25. The second-order valence-corrected chi connectivity index (χ2v) is 6.36. The van der Waals surface area contributed by atoms with Crippen molar-refractivity contribution in [1.29, 1.82) is 0 Å². The van der Waals surface area contributed by atoms with Crippen molar-refractivity contribution < 1.29 is 9.53 Å². The third-order valence-electron chi connectivity index (χ3n) is 4.52. The number of carbonyl (C=O) groups is 1. The van der Waals surface area contributed by atoms with Crippen molar-refractivity contribution in [2.24, 2.45) is 0 Å². The van der Waals surface area contributed by atoms with Crippen molar-refractivity contribution in [1.82, 2.24) is 14.5 Å². The van der Waals surface area contributed by atoms with Crippen molar-refractivity contribution in [2.45, 2.75) is 45.2 Å². The van der Waals surface area contributed by atoms with Gasteiger partial charge in [0.15, 0.2) is 0 Å². The molecule has 1 aliphatic rings. The minimum Gasteiger partial charge on any atom is -0.492 e. The molecule has 0 atom stereocenters. The minimum atomic E-state index is -0.736. The molecule has 138 valence electrons. The molecule has 1 aliphatic carbocycles. The van der Waals surface area contributed by atoms with Crippen LogP contribution in [0.15, 0.2) is 46.2 Å². The Bertz CT molecular complexity index is 894. The van der Waals surface area contributed by atoms with Crippen LogP contribution >= 0.6 is 0 Å². The molecule has 7 nitrogen and oxygen atoms in total. The topological polar surface area (TPSA) is 82.3 Å². The fraction of sp³-hybridized carbons (Fsp3) is 0.421. The van der Waals surface area contributed by atoms with E-state index in [1.165, 1.54) is 17.0 Å². The summed E-state index contributed by atoms with van der Waals surface area (Å²) in [7, 11) is 0. The van der Waals surface area contributed by atoms with Crippen LogP contribution in [0.4, 0.5) is 0 Å². The first kappa shape index (κ1) is 18.0. The molecule has 0 radical (unpaired) electrons. The van der Waals surface area contributed by atoms with Gasteiger partial charge in [-0.05, 0) is 31.9 Å². The molecule has 1 N–H and O–H groups in total. The molecule has 3 rings (SSSR count). The number of amides is 1. The zero-order valence-electron chi connectivity index (χ0n) is 14.8. The highest BCUT2D eigenvalue weighted by atomic mass is 16.5. The van der Waals surface area contributed by atoms with Crippen LogP contribution in [0, 0.1) is 0 Å². The summed E-state index contributed by atoms with van der Waals surface area (Å²) in [5.41, 5.74) is -0.951. The Morgan fingerprint density at radius 3 is 2.62 bits per heavy atom. The van der Waals surface area contributed by atoms with E-state index >= 15 is 0 Å². The Morgan fingerprint density at radius 2 is 1.88 bits per heavy atom. The van der Waals surface area contributed by atoms with E-state index in [4.69, 9.17) is 4.74 Å². The van der Waals surface area contributed by atoms with Gasteiger partial charge in [0.2, 0.25) is 5.91 Å². The number of nitrogens with zero attached hydrogens (tertiary/aromatic N) is 2.